The monoisotopic (exact) mass is 138 g/mol. The number of carbonyl (C=O) groups excluding carboxylic acids is 1. The smallest absolute Gasteiger partial charge is 0.136 e. The Morgan fingerprint density at radius 2 is 2.00 bits per heavy atom. The van der Waals surface area contributed by atoms with Gasteiger partial charge in [-0.2, -0.15) is 0 Å². The van der Waals surface area contributed by atoms with Gasteiger partial charge in [-0.3, -0.25) is 4.79 Å². The van der Waals surface area contributed by atoms with Crippen molar-refractivity contribution in [3.8, 4) is 0 Å². The Balaban J connectivity index is 2.09. The Morgan fingerprint density at radius 3 is 2.90 bits per heavy atom. The van der Waals surface area contributed by atoms with E-state index in [1.165, 1.54) is 32.1 Å². The molecule has 10 heavy (non-hydrogen) atoms. The molecular formula is C9H14O. The molecule has 0 N–H and O–H groups in total. The first-order valence-corrected chi connectivity index (χ1v) is 4.39. The van der Waals surface area contributed by atoms with Crippen LogP contribution in [-0.2, 0) is 4.79 Å². The summed E-state index contributed by atoms with van der Waals surface area (Å²) in [7, 11) is 0. The van der Waals surface area contributed by atoms with E-state index in [4.69, 9.17) is 0 Å². The largest absolute Gasteiger partial charge is 0.299 e. The molecule has 0 aromatic carbocycles. The first-order valence-electron chi connectivity index (χ1n) is 4.39. The highest BCUT2D eigenvalue weighted by molar-refractivity contribution is 5.83. The molecule has 2 fully saturated rings. The van der Waals surface area contributed by atoms with Crippen LogP contribution in [0.15, 0.2) is 0 Å². The van der Waals surface area contributed by atoms with Gasteiger partial charge in [0.25, 0.3) is 0 Å². The van der Waals surface area contributed by atoms with Gasteiger partial charge in [-0.1, -0.05) is 19.3 Å². The highest BCUT2D eigenvalue weighted by atomic mass is 16.1. The number of ketones is 1. The van der Waals surface area contributed by atoms with Gasteiger partial charge >= 0.3 is 0 Å². The van der Waals surface area contributed by atoms with E-state index >= 15 is 0 Å². The maximum Gasteiger partial charge on any atom is 0.136 e. The summed E-state index contributed by atoms with van der Waals surface area (Å²) in [5.74, 6) is 1.82. The molecular weight excluding hydrogens is 124 g/mol. The zero-order valence-corrected chi connectivity index (χ0v) is 6.31. The van der Waals surface area contributed by atoms with E-state index in [-0.39, 0.29) is 0 Å². The van der Waals surface area contributed by atoms with Crippen molar-refractivity contribution in [3.05, 3.63) is 0 Å². The van der Waals surface area contributed by atoms with Gasteiger partial charge in [0.2, 0.25) is 0 Å². The maximum absolute atomic E-state index is 11.2. The summed E-state index contributed by atoms with van der Waals surface area (Å²) in [6.45, 7) is 0. The quantitative estimate of drug-likeness (QED) is 0.501. The fourth-order valence-corrected chi connectivity index (χ4v) is 2.39. The van der Waals surface area contributed by atoms with Gasteiger partial charge in [0.1, 0.15) is 5.78 Å². The normalized spacial score (nSPS) is 39.8. The van der Waals surface area contributed by atoms with Crippen molar-refractivity contribution in [2.45, 2.75) is 38.5 Å². The van der Waals surface area contributed by atoms with E-state index in [0.29, 0.717) is 11.7 Å². The van der Waals surface area contributed by atoms with Gasteiger partial charge in [-0.25, -0.2) is 0 Å². The van der Waals surface area contributed by atoms with Crippen LogP contribution in [0.25, 0.3) is 0 Å². The second-order valence-corrected chi connectivity index (χ2v) is 3.75. The van der Waals surface area contributed by atoms with E-state index in [9.17, 15) is 4.79 Å². The number of hydrogen-bond acceptors (Lipinski definition) is 1. The molecule has 2 atom stereocenters. The summed E-state index contributed by atoms with van der Waals surface area (Å²) in [4.78, 5) is 11.2. The Hall–Kier alpha value is -0.330. The van der Waals surface area contributed by atoms with Crippen LogP contribution in [-0.4, -0.2) is 5.78 Å². The van der Waals surface area contributed by atoms with Gasteiger partial charge in [0.15, 0.2) is 0 Å². The molecule has 0 aromatic rings. The molecule has 1 nitrogen and oxygen atoms in total. The van der Waals surface area contributed by atoms with Crippen molar-refractivity contribution in [3.63, 3.8) is 0 Å². The molecule has 0 amide bonds. The topological polar surface area (TPSA) is 17.1 Å². The minimum atomic E-state index is 0.479. The predicted molar refractivity (Wildman–Crippen MR) is 39.7 cm³/mol. The third-order valence-electron chi connectivity index (χ3n) is 2.98. The van der Waals surface area contributed by atoms with Crippen LogP contribution in [0.2, 0.25) is 0 Å². The van der Waals surface area contributed by atoms with Crippen LogP contribution in [0.5, 0.6) is 0 Å². The van der Waals surface area contributed by atoms with Gasteiger partial charge < -0.3 is 0 Å². The van der Waals surface area contributed by atoms with Crippen molar-refractivity contribution in [1.29, 1.82) is 0 Å². The molecule has 2 bridgehead atoms. The minimum absolute atomic E-state index is 0.479. The summed E-state index contributed by atoms with van der Waals surface area (Å²) in [6.07, 6.45) is 7.31. The molecule has 0 radical (unpaired) electrons. The van der Waals surface area contributed by atoms with E-state index in [2.05, 4.69) is 0 Å². The summed E-state index contributed by atoms with van der Waals surface area (Å²) >= 11 is 0. The standard InChI is InChI=1S/C9H14O/c10-9-6-7-3-1-2-4-8(9)5-7/h7-8H,1-6H2. The molecule has 2 aliphatic carbocycles. The first-order chi connectivity index (χ1) is 4.86. The van der Waals surface area contributed by atoms with Crippen LogP contribution in [0.4, 0.5) is 0 Å². The molecule has 2 aliphatic rings. The van der Waals surface area contributed by atoms with E-state index in [1.807, 2.05) is 0 Å². The summed E-state index contributed by atoms with van der Waals surface area (Å²) in [6, 6.07) is 0. The Kier molecular flexibility index (Phi) is 1.51. The van der Waals surface area contributed by atoms with Gasteiger partial charge in [-0.05, 0) is 18.8 Å². The van der Waals surface area contributed by atoms with Crippen molar-refractivity contribution in [2.24, 2.45) is 11.8 Å². The molecule has 2 rings (SSSR count). The highest BCUT2D eigenvalue weighted by Crippen LogP contribution is 2.37. The molecule has 56 valence electrons. The third-order valence-corrected chi connectivity index (χ3v) is 2.98. The zero-order chi connectivity index (χ0) is 6.97. The molecule has 0 aliphatic heterocycles. The summed E-state index contributed by atoms with van der Waals surface area (Å²) in [5, 5.41) is 0. The second kappa shape index (κ2) is 2.37. The third kappa shape index (κ3) is 0.979. The van der Waals surface area contributed by atoms with Crippen LogP contribution < -0.4 is 0 Å². The van der Waals surface area contributed by atoms with Gasteiger partial charge in [0.05, 0.1) is 0 Å². The fraction of sp³-hybridized carbons (Fsp3) is 0.889. The van der Waals surface area contributed by atoms with Gasteiger partial charge in [-0.15, -0.1) is 0 Å². The Bertz CT molecular complexity index is 151. The fourth-order valence-electron chi connectivity index (χ4n) is 2.39. The van der Waals surface area contributed by atoms with Crippen LogP contribution in [0.1, 0.15) is 38.5 Å². The molecule has 0 heterocycles. The minimum Gasteiger partial charge on any atom is -0.299 e. The molecule has 0 aromatic heterocycles. The van der Waals surface area contributed by atoms with Crippen molar-refractivity contribution in [2.75, 3.05) is 0 Å². The van der Waals surface area contributed by atoms with Crippen LogP contribution in [0, 0.1) is 11.8 Å². The van der Waals surface area contributed by atoms with Crippen molar-refractivity contribution < 1.29 is 4.79 Å². The van der Waals surface area contributed by atoms with E-state index < -0.39 is 0 Å². The second-order valence-electron chi connectivity index (χ2n) is 3.75. The lowest BCUT2D eigenvalue weighted by molar-refractivity contribution is -0.121. The molecule has 2 unspecified atom stereocenters. The molecule has 2 saturated carbocycles. The SMILES string of the molecule is O=C1CC2CCCCC1C2. The van der Waals surface area contributed by atoms with Crippen LogP contribution in [0.3, 0.4) is 0 Å². The Labute approximate surface area is 61.8 Å². The van der Waals surface area contributed by atoms with Crippen molar-refractivity contribution in [1.82, 2.24) is 0 Å². The molecule has 0 saturated heterocycles. The molecule has 0 spiro atoms. The lowest BCUT2D eigenvalue weighted by Gasteiger charge is -2.04. The number of Topliss-reactive ketones (excluding diaryl/α,β-unsaturated/α-hetero) is 1. The maximum atomic E-state index is 11.2. The molecule has 1 heteroatoms. The first kappa shape index (κ1) is 6.38. The number of rotatable bonds is 0. The van der Waals surface area contributed by atoms with Crippen molar-refractivity contribution >= 4 is 5.78 Å². The van der Waals surface area contributed by atoms with Gasteiger partial charge in [0, 0.05) is 12.3 Å². The van der Waals surface area contributed by atoms with E-state index in [0.717, 1.165) is 12.3 Å². The summed E-state index contributed by atoms with van der Waals surface area (Å²) < 4.78 is 0. The highest BCUT2D eigenvalue weighted by Gasteiger charge is 2.33. The zero-order valence-electron chi connectivity index (χ0n) is 6.31. The lowest BCUT2D eigenvalue weighted by Crippen LogP contribution is -2.05. The van der Waals surface area contributed by atoms with E-state index in [1.54, 1.807) is 0 Å². The van der Waals surface area contributed by atoms with Crippen LogP contribution >= 0.6 is 0 Å². The summed E-state index contributed by atoms with van der Waals surface area (Å²) in [5.41, 5.74) is 0. The predicted octanol–water partition coefficient (Wildman–Crippen LogP) is 2.16. The lowest BCUT2D eigenvalue weighted by atomic mass is 10.0. The number of fused-ring (bicyclic) bond motifs is 2. The average Bonchev–Trinajstić information content (AvgIpc) is 2.18. The Morgan fingerprint density at radius 1 is 1.20 bits per heavy atom. The number of carbonyl (C=O) groups is 1. The average molecular weight is 138 g/mol. The number of hydrogen-bond donors (Lipinski definition) is 0.